The summed E-state index contributed by atoms with van der Waals surface area (Å²) in [7, 11) is 0. The minimum absolute atomic E-state index is 0.139. The molecule has 0 fully saturated rings. The van der Waals surface area contributed by atoms with Crippen LogP contribution in [0.25, 0.3) is 0 Å². The van der Waals surface area contributed by atoms with E-state index in [1.54, 1.807) is 0 Å². The van der Waals surface area contributed by atoms with E-state index < -0.39 is 35.7 Å². The van der Waals surface area contributed by atoms with Gasteiger partial charge < -0.3 is 4.74 Å². The van der Waals surface area contributed by atoms with E-state index in [0.717, 1.165) is 24.3 Å². The zero-order valence-electron chi connectivity index (χ0n) is 15.0. The topological polar surface area (TPSA) is 9.23 Å². The Labute approximate surface area is 164 Å². The number of benzene rings is 2. The van der Waals surface area contributed by atoms with Gasteiger partial charge in [0.1, 0.15) is 12.2 Å². The number of rotatable bonds is 6. The second kappa shape index (κ2) is 9.07. The van der Waals surface area contributed by atoms with E-state index in [4.69, 9.17) is 17.6 Å². The molecule has 0 N–H and O–H groups in total. The van der Waals surface area contributed by atoms with Crippen molar-refractivity contribution in [2.45, 2.75) is 37.4 Å². The van der Waals surface area contributed by atoms with E-state index in [2.05, 4.69) is 11.8 Å². The molecule has 1 nitrogen and oxygen atoms in total. The smallest absolute Gasteiger partial charge is 0.349 e. The highest BCUT2D eigenvalue weighted by Gasteiger charge is 2.31. The predicted molar refractivity (Wildman–Crippen MR) is 96.6 cm³/mol. The number of halogens is 6. The first-order chi connectivity index (χ1) is 13.5. The Balaban J connectivity index is 2.01. The number of alkyl halides is 6. The fraction of sp³-hybridized carbons (Fsp3) is 0.273. The molecule has 0 aliphatic rings. The Hall–Kier alpha value is -2.90. The lowest BCUT2D eigenvalue weighted by Crippen LogP contribution is -2.23. The van der Waals surface area contributed by atoms with Crippen molar-refractivity contribution in [3.8, 4) is 24.7 Å². The highest BCUT2D eigenvalue weighted by molar-refractivity contribution is 5.27. The normalized spacial score (nSPS) is 13.9. The summed E-state index contributed by atoms with van der Waals surface area (Å²) in [4.78, 5) is 0. The van der Waals surface area contributed by atoms with Gasteiger partial charge in [-0.05, 0) is 35.4 Å². The van der Waals surface area contributed by atoms with Crippen molar-refractivity contribution in [1.82, 2.24) is 0 Å². The van der Waals surface area contributed by atoms with Gasteiger partial charge in [0, 0.05) is 12.8 Å². The lowest BCUT2D eigenvalue weighted by molar-refractivity contribution is -0.138. The average molecular weight is 410 g/mol. The quantitative estimate of drug-likeness (QED) is 0.450. The summed E-state index contributed by atoms with van der Waals surface area (Å²) in [6.07, 6.45) is 0.674. The zero-order chi connectivity index (χ0) is 21.7. The molecule has 0 bridgehead atoms. The van der Waals surface area contributed by atoms with Gasteiger partial charge in [-0.2, -0.15) is 26.3 Å². The van der Waals surface area contributed by atoms with Gasteiger partial charge in [-0.3, -0.25) is 0 Å². The summed E-state index contributed by atoms with van der Waals surface area (Å²) in [5.74, 6) is 4.77. The first kappa shape index (κ1) is 22.4. The maximum Gasteiger partial charge on any atom is 0.416 e. The van der Waals surface area contributed by atoms with Crippen LogP contribution in [0.5, 0.6) is 0 Å². The molecule has 0 aromatic heterocycles. The Morgan fingerprint density at radius 2 is 0.966 bits per heavy atom. The van der Waals surface area contributed by atoms with Crippen LogP contribution in [0.4, 0.5) is 26.3 Å². The Kier molecular flexibility index (Phi) is 7.00. The summed E-state index contributed by atoms with van der Waals surface area (Å²) in [6.45, 7) is 0. The standard InChI is InChI=1S/C22H16F6O/c1-3-19(13-15-5-9-17(10-6-15)21(23,24)25)29-20(4-2)14-16-7-11-18(12-8-16)22(26,27)28/h1-2,5-12,19-20H,13-14H2. The van der Waals surface area contributed by atoms with Crippen molar-refractivity contribution in [1.29, 1.82) is 0 Å². The fourth-order valence-corrected chi connectivity index (χ4v) is 2.58. The SMILES string of the molecule is C#CC(Cc1ccc(C(F)(F)F)cc1)OC(C#C)Cc1ccc(C(F)(F)F)cc1. The van der Waals surface area contributed by atoms with Crippen molar-refractivity contribution in [3.05, 3.63) is 70.8 Å². The van der Waals surface area contributed by atoms with E-state index >= 15 is 0 Å². The molecule has 0 saturated carbocycles. The van der Waals surface area contributed by atoms with Gasteiger partial charge in [0.05, 0.1) is 11.1 Å². The van der Waals surface area contributed by atoms with Crippen LogP contribution in [-0.4, -0.2) is 12.2 Å². The third-order valence-corrected chi connectivity index (χ3v) is 4.11. The van der Waals surface area contributed by atoms with Crippen molar-refractivity contribution >= 4 is 0 Å². The molecular formula is C22H16F6O. The summed E-state index contributed by atoms with van der Waals surface area (Å²) in [6, 6.07) is 9.00. The minimum Gasteiger partial charge on any atom is -0.349 e. The first-order valence-electron chi connectivity index (χ1n) is 8.43. The van der Waals surface area contributed by atoms with Gasteiger partial charge in [0.15, 0.2) is 0 Å². The largest absolute Gasteiger partial charge is 0.416 e. The minimum atomic E-state index is -4.43. The van der Waals surface area contributed by atoms with Crippen LogP contribution in [0.15, 0.2) is 48.5 Å². The molecule has 0 saturated heterocycles. The Bertz CT molecular complexity index is 804. The predicted octanol–water partition coefficient (Wildman–Crippen LogP) is 5.53. The third-order valence-electron chi connectivity index (χ3n) is 4.11. The molecule has 0 spiro atoms. The lowest BCUT2D eigenvalue weighted by Gasteiger charge is -2.18. The van der Waals surface area contributed by atoms with Gasteiger partial charge in [0.2, 0.25) is 0 Å². The van der Waals surface area contributed by atoms with Crippen LogP contribution >= 0.6 is 0 Å². The first-order valence-corrected chi connectivity index (χ1v) is 8.43. The maximum atomic E-state index is 12.6. The molecule has 29 heavy (non-hydrogen) atoms. The molecule has 2 rings (SSSR count). The van der Waals surface area contributed by atoms with Crippen LogP contribution in [0.2, 0.25) is 0 Å². The van der Waals surface area contributed by atoms with Crippen LogP contribution in [0, 0.1) is 24.7 Å². The molecule has 2 aromatic carbocycles. The van der Waals surface area contributed by atoms with Gasteiger partial charge in [0.25, 0.3) is 0 Å². The second-order valence-corrected chi connectivity index (χ2v) is 6.24. The van der Waals surface area contributed by atoms with E-state index in [-0.39, 0.29) is 12.8 Å². The highest BCUT2D eigenvalue weighted by atomic mass is 19.4. The van der Waals surface area contributed by atoms with E-state index in [1.165, 1.54) is 24.3 Å². The maximum absolute atomic E-state index is 12.6. The number of hydrogen-bond acceptors (Lipinski definition) is 1. The van der Waals surface area contributed by atoms with Gasteiger partial charge in [-0.15, -0.1) is 12.8 Å². The second-order valence-electron chi connectivity index (χ2n) is 6.24. The van der Waals surface area contributed by atoms with Crippen molar-refractivity contribution in [2.24, 2.45) is 0 Å². The summed E-state index contributed by atoms with van der Waals surface area (Å²) in [5.41, 5.74) is -0.482. The van der Waals surface area contributed by atoms with Gasteiger partial charge in [-0.25, -0.2) is 0 Å². The van der Waals surface area contributed by atoms with Crippen molar-refractivity contribution in [3.63, 3.8) is 0 Å². The van der Waals surface area contributed by atoms with Crippen molar-refractivity contribution < 1.29 is 31.1 Å². The number of terminal acetylenes is 2. The number of hydrogen-bond donors (Lipinski definition) is 0. The van der Waals surface area contributed by atoms with Crippen LogP contribution in [0.1, 0.15) is 22.3 Å². The van der Waals surface area contributed by atoms with Crippen LogP contribution in [-0.2, 0) is 29.9 Å². The Morgan fingerprint density at radius 1 is 0.655 bits per heavy atom. The molecule has 0 aliphatic heterocycles. The molecule has 0 aliphatic carbocycles. The average Bonchev–Trinajstić information content (AvgIpc) is 2.66. The zero-order valence-corrected chi connectivity index (χ0v) is 15.0. The summed E-state index contributed by atoms with van der Waals surface area (Å²) >= 11 is 0. The highest BCUT2D eigenvalue weighted by Crippen LogP contribution is 2.30. The van der Waals surface area contributed by atoms with Gasteiger partial charge >= 0.3 is 12.4 Å². The lowest BCUT2D eigenvalue weighted by atomic mass is 10.0. The molecule has 7 heteroatoms. The van der Waals surface area contributed by atoms with E-state index in [0.29, 0.717) is 11.1 Å². The van der Waals surface area contributed by atoms with Crippen molar-refractivity contribution in [2.75, 3.05) is 0 Å². The number of ether oxygens (including phenoxy) is 1. The molecule has 0 radical (unpaired) electrons. The molecule has 0 amide bonds. The van der Waals surface area contributed by atoms with E-state index in [1.807, 2.05) is 0 Å². The monoisotopic (exact) mass is 410 g/mol. The fourth-order valence-electron chi connectivity index (χ4n) is 2.58. The van der Waals surface area contributed by atoms with E-state index in [9.17, 15) is 26.3 Å². The van der Waals surface area contributed by atoms with Crippen LogP contribution in [0.3, 0.4) is 0 Å². The molecule has 2 aromatic rings. The molecular weight excluding hydrogens is 394 g/mol. The molecule has 2 unspecified atom stereocenters. The van der Waals surface area contributed by atoms with Crippen LogP contribution < -0.4 is 0 Å². The Morgan fingerprint density at radius 3 is 1.21 bits per heavy atom. The summed E-state index contributed by atoms with van der Waals surface area (Å²) < 4.78 is 81.4. The summed E-state index contributed by atoms with van der Waals surface area (Å²) in [5, 5.41) is 0. The molecule has 2 atom stereocenters. The third kappa shape index (κ3) is 6.58. The van der Waals surface area contributed by atoms with Gasteiger partial charge in [-0.1, -0.05) is 36.1 Å². The molecule has 152 valence electrons. The molecule has 0 heterocycles.